The van der Waals surface area contributed by atoms with Gasteiger partial charge in [-0.3, -0.25) is 9.36 Å². The molecule has 1 saturated heterocycles. The van der Waals surface area contributed by atoms with Gasteiger partial charge in [-0.05, 0) is 69.9 Å². The number of fused-ring (bicyclic) bond motifs is 1. The van der Waals surface area contributed by atoms with Crippen molar-refractivity contribution in [3.63, 3.8) is 0 Å². The topological polar surface area (TPSA) is 75.5 Å². The Balaban J connectivity index is 1.56. The Bertz CT molecular complexity index is 1170. The first-order chi connectivity index (χ1) is 14.8. The summed E-state index contributed by atoms with van der Waals surface area (Å²) in [6.45, 7) is 1.39. The minimum Gasteiger partial charge on any atom is -0.335 e. The third kappa shape index (κ3) is 4.80. The van der Waals surface area contributed by atoms with Crippen molar-refractivity contribution in [3.05, 3.63) is 60.4 Å². The molecular weight excluding hydrogens is 412 g/mol. The Labute approximate surface area is 183 Å². The molecular formula is C23H28N4O3S. The highest BCUT2D eigenvalue weighted by Crippen LogP contribution is 2.22. The molecule has 1 amide bonds. The fourth-order valence-corrected chi connectivity index (χ4v) is 5.85. The highest BCUT2D eigenvalue weighted by Gasteiger charge is 2.34. The Hall–Kier alpha value is -2.71. The molecule has 2 aromatic carbocycles. The van der Waals surface area contributed by atoms with Crippen LogP contribution in [0.2, 0.25) is 0 Å². The standard InChI is InChI=1S/C23H28N4O3S/c1-25(2)13-5-14-26(20-12-15-31(29,30)16-20)23(28)18-8-10-19(11-9-18)27-17-24-21-6-3-4-7-22(21)27/h3-4,6-11,17,20H,5,12-16H2,1-2H3. The first kappa shape index (κ1) is 21.5. The smallest absolute Gasteiger partial charge is 0.254 e. The van der Waals surface area contributed by atoms with Gasteiger partial charge in [0.05, 0.1) is 22.5 Å². The molecule has 1 aliphatic heterocycles. The molecule has 0 saturated carbocycles. The molecule has 0 spiro atoms. The normalized spacial score (nSPS) is 18.0. The molecule has 31 heavy (non-hydrogen) atoms. The SMILES string of the molecule is CN(C)CCCN(C(=O)c1ccc(-n2cnc3ccccc32)cc1)C1CCS(=O)(=O)C1. The van der Waals surface area contributed by atoms with Crippen LogP contribution in [0.1, 0.15) is 23.2 Å². The van der Waals surface area contributed by atoms with Gasteiger partial charge >= 0.3 is 0 Å². The second-order valence-corrected chi connectivity index (χ2v) is 10.6. The second kappa shape index (κ2) is 8.80. The van der Waals surface area contributed by atoms with Crippen LogP contribution >= 0.6 is 0 Å². The van der Waals surface area contributed by atoms with E-state index in [9.17, 15) is 13.2 Å². The quantitative estimate of drug-likeness (QED) is 0.565. The van der Waals surface area contributed by atoms with Crippen LogP contribution in [0.5, 0.6) is 0 Å². The molecule has 0 radical (unpaired) electrons. The van der Waals surface area contributed by atoms with Gasteiger partial charge in [0.15, 0.2) is 9.84 Å². The highest BCUT2D eigenvalue weighted by atomic mass is 32.2. The first-order valence-corrected chi connectivity index (χ1v) is 12.3. The van der Waals surface area contributed by atoms with Gasteiger partial charge in [-0.1, -0.05) is 12.1 Å². The summed E-state index contributed by atoms with van der Waals surface area (Å²) in [7, 11) is 0.912. The molecule has 7 nitrogen and oxygen atoms in total. The number of sulfone groups is 1. The predicted molar refractivity (Wildman–Crippen MR) is 122 cm³/mol. The van der Waals surface area contributed by atoms with Crippen molar-refractivity contribution in [2.24, 2.45) is 0 Å². The van der Waals surface area contributed by atoms with E-state index in [-0.39, 0.29) is 23.5 Å². The van der Waals surface area contributed by atoms with Gasteiger partial charge in [-0.2, -0.15) is 0 Å². The Kier molecular flexibility index (Phi) is 6.11. The lowest BCUT2D eigenvalue weighted by Crippen LogP contribution is -2.42. The van der Waals surface area contributed by atoms with Crippen molar-refractivity contribution >= 4 is 26.8 Å². The predicted octanol–water partition coefficient (Wildman–Crippen LogP) is 2.61. The van der Waals surface area contributed by atoms with Gasteiger partial charge in [-0.25, -0.2) is 13.4 Å². The minimum atomic E-state index is -3.07. The highest BCUT2D eigenvalue weighted by molar-refractivity contribution is 7.91. The van der Waals surface area contributed by atoms with E-state index in [0.29, 0.717) is 18.5 Å². The van der Waals surface area contributed by atoms with Gasteiger partial charge in [0.25, 0.3) is 5.91 Å². The van der Waals surface area contributed by atoms with Crippen molar-refractivity contribution in [3.8, 4) is 5.69 Å². The molecule has 1 atom stereocenters. The van der Waals surface area contributed by atoms with E-state index in [4.69, 9.17) is 0 Å². The third-order valence-corrected chi connectivity index (χ3v) is 7.51. The summed E-state index contributed by atoms with van der Waals surface area (Å²) in [5, 5.41) is 0. The molecule has 3 aromatic rings. The summed E-state index contributed by atoms with van der Waals surface area (Å²) in [4.78, 5) is 21.6. The van der Waals surface area contributed by atoms with Crippen LogP contribution in [0.4, 0.5) is 0 Å². The number of nitrogens with zero attached hydrogens (tertiary/aromatic N) is 4. The third-order valence-electron chi connectivity index (χ3n) is 5.76. The molecule has 164 valence electrons. The maximum Gasteiger partial charge on any atom is 0.254 e. The van der Waals surface area contributed by atoms with E-state index in [1.807, 2.05) is 67.2 Å². The minimum absolute atomic E-state index is 0.0554. The monoisotopic (exact) mass is 440 g/mol. The van der Waals surface area contributed by atoms with E-state index < -0.39 is 9.84 Å². The molecule has 1 fully saturated rings. The van der Waals surface area contributed by atoms with E-state index >= 15 is 0 Å². The molecule has 0 bridgehead atoms. The largest absolute Gasteiger partial charge is 0.335 e. The number of amides is 1. The zero-order valence-corrected chi connectivity index (χ0v) is 18.8. The summed E-state index contributed by atoms with van der Waals surface area (Å²) in [6.07, 6.45) is 3.09. The number of rotatable bonds is 7. The molecule has 2 heterocycles. The number of hydrogen-bond acceptors (Lipinski definition) is 5. The number of carbonyl (C=O) groups is 1. The molecule has 1 aromatic heterocycles. The molecule has 8 heteroatoms. The number of carbonyl (C=O) groups excluding carboxylic acids is 1. The van der Waals surface area contributed by atoms with Gasteiger partial charge in [0.2, 0.25) is 0 Å². The number of benzene rings is 2. The lowest BCUT2D eigenvalue weighted by atomic mass is 10.1. The summed E-state index contributed by atoms with van der Waals surface area (Å²) >= 11 is 0. The van der Waals surface area contributed by atoms with Gasteiger partial charge < -0.3 is 9.80 Å². The van der Waals surface area contributed by atoms with Crippen molar-refractivity contribution in [1.29, 1.82) is 0 Å². The van der Waals surface area contributed by atoms with E-state index in [2.05, 4.69) is 9.88 Å². The summed E-state index contributed by atoms with van der Waals surface area (Å²) in [5.41, 5.74) is 3.41. The second-order valence-electron chi connectivity index (χ2n) is 8.36. The number of aromatic nitrogens is 2. The molecule has 1 unspecified atom stereocenters. The molecule has 0 N–H and O–H groups in total. The summed E-state index contributed by atoms with van der Waals surface area (Å²) in [6, 6.07) is 15.1. The zero-order valence-electron chi connectivity index (χ0n) is 17.9. The fourth-order valence-electron chi connectivity index (χ4n) is 4.12. The molecule has 4 rings (SSSR count). The average molecular weight is 441 g/mol. The van der Waals surface area contributed by atoms with Gasteiger partial charge in [0, 0.05) is 23.8 Å². The van der Waals surface area contributed by atoms with Crippen LogP contribution in [0.25, 0.3) is 16.7 Å². The van der Waals surface area contributed by atoms with Crippen LogP contribution in [-0.2, 0) is 9.84 Å². The molecule has 1 aliphatic rings. The van der Waals surface area contributed by atoms with Crippen LogP contribution in [-0.4, -0.2) is 78.4 Å². The number of hydrogen-bond donors (Lipinski definition) is 0. The fraction of sp³-hybridized carbons (Fsp3) is 0.391. The van der Waals surface area contributed by atoms with E-state index in [1.165, 1.54) is 0 Å². The Morgan fingerprint density at radius 3 is 2.52 bits per heavy atom. The zero-order chi connectivity index (χ0) is 22.0. The Morgan fingerprint density at radius 2 is 1.84 bits per heavy atom. The number of para-hydroxylation sites is 2. The summed E-state index contributed by atoms with van der Waals surface area (Å²) < 4.78 is 26.0. The maximum absolute atomic E-state index is 13.3. The van der Waals surface area contributed by atoms with Crippen molar-refractivity contribution in [2.45, 2.75) is 18.9 Å². The van der Waals surface area contributed by atoms with E-state index in [1.54, 1.807) is 11.2 Å². The Morgan fingerprint density at radius 1 is 1.10 bits per heavy atom. The first-order valence-electron chi connectivity index (χ1n) is 10.5. The maximum atomic E-state index is 13.3. The van der Waals surface area contributed by atoms with Gasteiger partial charge in [-0.15, -0.1) is 0 Å². The number of imidazole rings is 1. The van der Waals surface area contributed by atoms with Crippen LogP contribution in [0, 0.1) is 0 Å². The lowest BCUT2D eigenvalue weighted by molar-refractivity contribution is 0.0690. The van der Waals surface area contributed by atoms with E-state index in [0.717, 1.165) is 29.7 Å². The van der Waals surface area contributed by atoms with Gasteiger partial charge in [0.1, 0.15) is 6.33 Å². The van der Waals surface area contributed by atoms with Crippen LogP contribution in [0.3, 0.4) is 0 Å². The van der Waals surface area contributed by atoms with Crippen molar-refractivity contribution in [2.75, 3.05) is 38.7 Å². The average Bonchev–Trinajstić information content (AvgIpc) is 3.33. The van der Waals surface area contributed by atoms with Crippen molar-refractivity contribution < 1.29 is 13.2 Å². The lowest BCUT2D eigenvalue weighted by Gasteiger charge is -2.29. The summed E-state index contributed by atoms with van der Waals surface area (Å²) in [5.74, 6) is 0.101. The van der Waals surface area contributed by atoms with Crippen molar-refractivity contribution in [1.82, 2.24) is 19.4 Å². The molecule has 0 aliphatic carbocycles. The van der Waals surface area contributed by atoms with Crippen LogP contribution < -0.4 is 0 Å². The van der Waals surface area contributed by atoms with Crippen LogP contribution in [0.15, 0.2) is 54.9 Å².